The van der Waals surface area contributed by atoms with Gasteiger partial charge in [-0.2, -0.15) is 0 Å². The van der Waals surface area contributed by atoms with Gasteiger partial charge in [-0.15, -0.1) is 11.3 Å². The number of amides is 1. The van der Waals surface area contributed by atoms with Crippen LogP contribution in [0.25, 0.3) is 0 Å². The predicted octanol–water partition coefficient (Wildman–Crippen LogP) is 3.25. The smallest absolute Gasteiger partial charge is 0.265 e. The van der Waals surface area contributed by atoms with Crippen molar-refractivity contribution in [2.45, 2.75) is 30.6 Å². The van der Waals surface area contributed by atoms with Crippen molar-refractivity contribution >= 4 is 38.8 Å². The molecule has 2 N–H and O–H groups in total. The Hall–Kier alpha value is -2.19. The van der Waals surface area contributed by atoms with Gasteiger partial charge in [-0.3, -0.25) is 14.5 Å². The molecular formula is C17H19N3O3S2. The fraction of sp³-hybridized carbons (Fsp3) is 0.294. The van der Waals surface area contributed by atoms with Gasteiger partial charge in [0.15, 0.2) is 0 Å². The number of benzene rings is 1. The van der Waals surface area contributed by atoms with Crippen LogP contribution < -0.4 is 10.0 Å². The van der Waals surface area contributed by atoms with Crippen LogP contribution >= 0.6 is 11.3 Å². The monoisotopic (exact) mass is 377 g/mol. The van der Waals surface area contributed by atoms with E-state index in [2.05, 4.69) is 15.0 Å². The maximum atomic E-state index is 12.6. The van der Waals surface area contributed by atoms with Crippen LogP contribution in [0.1, 0.15) is 35.4 Å². The van der Waals surface area contributed by atoms with E-state index in [1.54, 1.807) is 24.3 Å². The lowest BCUT2D eigenvalue weighted by Gasteiger charge is -2.11. The molecule has 132 valence electrons. The van der Waals surface area contributed by atoms with Crippen LogP contribution in [0.15, 0.2) is 51.7 Å². The van der Waals surface area contributed by atoms with E-state index in [4.69, 9.17) is 0 Å². The molecular weight excluding hydrogens is 358 g/mol. The number of carbonyl (C=O) groups is 1. The summed E-state index contributed by atoms with van der Waals surface area (Å²) in [7, 11) is -3.72. The second-order valence-electron chi connectivity index (χ2n) is 5.70. The minimum Gasteiger partial charge on any atom is -0.321 e. The van der Waals surface area contributed by atoms with Crippen molar-refractivity contribution in [3.05, 3.63) is 46.7 Å². The second kappa shape index (κ2) is 7.79. The average molecular weight is 377 g/mol. The molecule has 0 spiro atoms. The Morgan fingerprint density at radius 2 is 2.00 bits per heavy atom. The third kappa shape index (κ3) is 4.67. The van der Waals surface area contributed by atoms with Crippen molar-refractivity contribution in [3.63, 3.8) is 0 Å². The standard InChI is InChI=1S/C17H19N3O3S2/c21-17(15-8-5-11-24-15)19-13-6-4-7-14(12-13)25(22,23)20-16-9-2-1-3-10-18-16/h4-8,11-12H,1-3,9-10H2,(H,18,20)(H,19,21). The van der Waals surface area contributed by atoms with E-state index in [1.165, 1.54) is 23.5 Å². The number of aliphatic imine (C=N–C) groups is 1. The summed E-state index contributed by atoms with van der Waals surface area (Å²) in [5, 5.41) is 4.53. The molecule has 0 radical (unpaired) electrons. The van der Waals surface area contributed by atoms with Crippen molar-refractivity contribution in [2.24, 2.45) is 4.99 Å². The van der Waals surface area contributed by atoms with Crippen LogP contribution in [0, 0.1) is 0 Å². The van der Waals surface area contributed by atoms with E-state index in [9.17, 15) is 13.2 Å². The molecule has 25 heavy (non-hydrogen) atoms. The summed E-state index contributed by atoms with van der Waals surface area (Å²) < 4.78 is 27.7. The first-order chi connectivity index (χ1) is 12.0. The lowest BCUT2D eigenvalue weighted by molar-refractivity contribution is 0.103. The Balaban J connectivity index is 1.75. The molecule has 1 aliphatic heterocycles. The molecule has 3 rings (SSSR count). The van der Waals surface area contributed by atoms with Crippen molar-refractivity contribution in [1.82, 2.24) is 4.72 Å². The molecule has 0 atom stereocenters. The highest BCUT2D eigenvalue weighted by molar-refractivity contribution is 7.90. The fourth-order valence-corrected chi connectivity index (χ4v) is 4.27. The first-order valence-corrected chi connectivity index (χ1v) is 10.4. The zero-order valence-corrected chi connectivity index (χ0v) is 15.2. The fourth-order valence-electron chi connectivity index (χ4n) is 2.51. The van der Waals surface area contributed by atoms with E-state index in [1.807, 2.05) is 5.38 Å². The maximum absolute atomic E-state index is 12.6. The van der Waals surface area contributed by atoms with Crippen LogP contribution in [0.3, 0.4) is 0 Å². The Morgan fingerprint density at radius 1 is 1.12 bits per heavy atom. The summed E-state index contributed by atoms with van der Waals surface area (Å²) in [5.74, 6) is 0.246. The third-order valence-corrected chi connectivity index (χ3v) is 6.02. The molecule has 2 aromatic rings. The van der Waals surface area contributed by atoms with Gasteiger partial charge in [-0.1, -0.05) is 18.6 Å². The highest BCUT2D eigenvalue weighted by atomic mass is 32.2. The van der Waals surface area contributed by atoms with Gasteiger partial charge in [0.05, 0.1) is 9.77 Å². The second-order valence-corrected chi connectivity index (χ2v) is 8.33. The number of hydrogen-bond acceptors (Lipinski definition) is 5. The Bertz CT molecular complexity index is 874. The van der Waals surface area contributed by atoms with Crippen LogP contribution in [0.5, 0.6) is 0 Å². The summed E-state index contributed by atoms with van der Waals surface area (Å²) in [6.07, 6.45) is 3.60. The molecule has 8 heteroatoms. The van der Waals surface area contributed by atoms with Crippen molar-refractivity contribution in [2.75, 3.05) is 11.9 Å². The van der Waals surface area contributed by atoms with Gasteiger partial charge in [-0.05, 0) is 42.5 Å². The molecule has 0 unspecified atom stereocenters. The summed E-state index contributed by atoms with van der Waals surface area (Å²) in [5.41, 5.74) is 0.434. The largest absolute Gasteiger partial charge is 0.321 e. The van der Waals surface area contributed by atoms with Gasteiger partial charge >= 0.3 is 0 Å². The number of amidine groups is 1. The van der Waals surface area contributed by atoms with E-state index in [0.717, 1.165) is 19.3 Å². The summed E-state index contributed by atoms with van der Waals surface area (Å²) in [6.45, 7) is 0.648. The molecule has 0 bridgehead atoms. The van der Waals surface area contributed by atoms with Crippen molar-refractivity contribution in [3.8, 4) is 0 Å². The van der Waals surface area contributed by atoms with Crippen molar-refractivity contribution in [1.29, 1.82) is 0 Å². The van der Waals surface area contributed by atoms with Gasteiger partial charge in [0.1, 0.15) is 5.84 Å². The van der Waals surface area contributed by atoms with Crippen molar-refractivity contribution < 1.29 is 13.2 Å². The molecule has 0 saturated heterocycles. The summed E-state index contributed by atoms with van der Waals surface area (Å²) in [4.78, 5) is 17.1. The molecule has 1 aliphatic rings. The Labute approximate surface area is 151 Å². The number of hydrogen-bond donors (Lipinski definition) is 2. The molecule has 1 amide bonds. The zero-order chi connectivity index (χ0) is 17.7. The minimum atomic E-state index is -3.72. The van der Waals surface area contributed by atoms with Gasteiger partial charge in [0.2, 0.25) is 0 Å². The van der Waals surface area contributed by atoms with Crippen LogP contribution in [-0.4, -0.2) is 26.7 Å². The highest BCUT2D eigenvalue weighted by Crippen LogP contribution is 2.18. The first kappa shape index (κ1) is 17.6. The Morgan fingerprint density at radius 3 is 2.80 bits per heavy atom. The number of thiophene rings is 1. The van der Waals surface area contributed by atoms with Gasteiger partial charge < -0.3 is 5.32 Å². The van der Waals surface area contributed by atoms with Crippen LogP contribution in [0.2, 0.25) is 0 Å². The summed E-state index contributed by atoms with van der Waals surface area (Å²) >= 11 is 1.33. The third-order valence-electron chi connectivity index (χ3n) is 3.77. The topological polar surface area (TPSA) is 87.6 Å². The molecule has 0 saturated carbocycles. The lowest BCUT2D eigenvalue weighted by Crippen LogP contribution is -2.30. The quantitative estimate of drug-likeness (QED) is 0.857. The number of anilines is 1. The zero-order valence-electron chi connectivity index (χ0n) is 13.6. The first-order valence-electron chi connectivity index (χ1n) is 8.06. The van der Waals surface area contributed by atoms with Crippen LogP contribution in [0.4, 0.5) is 5.69 Å². The summed E-state index contributed by atoms with van der Waals surface area (Å²) in [6, 6.07) is 9.72. The SMILES string of the molecule is O=C(Nc1cccc(S(=O)(=O)NC2=NCCCCC2)c1)c1cccs1. The van der Waals surface area contributed by atoms with Gasteiger partial charge in [-0.25, -0.2) is 8.42 Å². The molecule has 2 heterocycles. The van der Waals surface area contributed by atoms with E-state index in [-0.39, 0.29) is 10.8 Å². The lowest BCUT2D eigenvalue weighted by atomic mass is 10.2. The van der Waals surface area contributed by atoms with E-state index < -0.39 is 10.0 Å². The number of carbonyl (C=O) groups excluding carboxylic acids is 1. The molecule has 0 aliphatic carbocycles. The van der Waals surface area contributed by atoms with E-state index >= 15 is 0 Å². The maximum Gasteiger partial charge on any atom is 0.265 e. The number of nitrogens with zero attached hydrogens (tertiary/aromatic N) is 1. The number of nitrogens with one attached hydrogen (secondary N) is 2. The predicted molar refractivity (Wildman–Crippen MR) is 99.8 cm³/mol. The minimum absolute atomic E-state index is 0.100. The van der Waals surface area contributed by atoms with Gasteiger partial charge in [0.25, 0.3) is 15.9 Å². The normalized spacial score (nSPS) is 15.1. The molecule has 6 nitrogen and oxygen atoms in total. The van der Waals surface area contributed by atoms with Crippen LogP contribution in [-0.2, 0) is 10.0 Å². The number of rotatable bonds is 4. The van der Waals surface area contributed by atoms with Gasteiger partial charge in [0, 0.05) is 18.7 Å². The average Bonchev–Trinajstić information content (AvgIpc) is 3.01. The Kier molecular flexibility index (Phi) is 5.50. The molecule has 0 fully saturated rings. The van der Waals surface area contributed by atoms with E-state index in [0.29, 0.717) is 29.4 Å². The molecule has 1 aromatic carbocycles. The highest BCUT2D eigenvalue weighted by Gasteiger charge is 2.18. The number of sulfonamides is 1. The molecule has 1 aromatic heterocycles.